The highest BCUT2D eigenvalue weighted by Gasteiger charge is 2.20. The van der Waals surface area contributed by atoms with E-state index in [1.165, 1.54) is 11.3 Å². The number of hydrogen-bond acceptors (Lipinski definition) is 5. The van der Waals surface area contributed by atoms with Crippen LogP contribution >= 0.6 is 22.7 Å². The Morgan fingerprint density at radius 2 is 2.04 bits per heavy atom. The molecule has 2 aromatic heterocycles. The van der Waals surface area contributed by atoms with Gasteiger partial charge in [0.05, 0.1) is 23.7 Å². The number of carbonyl (C=O) groups is 1. The van der Waals surface area contributed by atoms with Gasteiger partial charge in [-0.3, -0.25) is 4.79 Å². The lowest BCUT2D eigenvalue weighted by Gasteiger charge is -2.16. The molecule has 0 bridgehead atoms. The van der Waals surface area contributed by atoms with E-state index in [-0.39, 0.29) is 11.9 Å². The molecule has 24 heavy (non-hydrogen) atoms. The van der Waals surface area contributed by atoms with Gasteiger partial charge in [-0.05, 0) is 31.4 Å². The molecule has 124 valence electrons. The summed E-state index contributed by atoms with van der Waals surface area (Å²) in [5.74, 6) is 0.664. The zero-order chi connectivity index (χ0) is 17.1. The van der Waals surface area contributed by atoms with Crippen LogP contribution in [0.15, 0.2) is 41.8 Å². The van der Waals surface area contributed by atoms with Gasteiger partial charge in [-0.25, -0.2) is 4.98 Å². The van der Waals surface area contributed by atoms with Gasteiger partial charge in [-0.2, -0.15) is 0 Å². The molecule has 1 N–H and O–H groups in total. The van der Waals surface area contributed by atoms with Crippen molar-refractivity contribution in [2.24, 2.45) is 0 Å². The number of rotatable bonds is 5. The van der Waals surface area contributed by atoms with Gasteiger partial charge < -0.3 is 10.1 Å². The second-order valence-corrected chi connectivity index (χ2v) is 7.29. The number of benzene rings is 1. The molecule has 4 nitrogen and oxygen atoms in total. The fourth-order valence-electron chi connectivity index (χ4n) is 2.48. The smallest absolute Gasteiger partial charge is 0.263 e. The normalized spacial score (nSPS) is 12.0. The SMILES string of the molecule is COc1ccccc1C(C)NC(=O)c1sc(-c2cccs2)nc1C. The fourth-order valence-corrected chi connectivity index (χ4v) is 4.24. The number of nitrogens with one attached hydrogen (secondary N) is 1. The van der Waals surface area contributed by atoms with Crippen LogP contribution in [0, 0.1) is 6.92 Å². The number of amides is 1. The number of methoxy groups -OCH3 is 1. The van der Waals surface area contributed by atoms with E-state index in [0.717, 1.165) is 26.9 Å². The third-order valence-corrected chi connectivity index (χ3v) is 5.88. The number of carbonyl (C=O) groups excluding carboxylic acids is 1. The Hall–Kier alpha value is -2.18. The number of hydrogen-bond donors (Lipinski definition) is 1. The Bertz CT molecular complexity index is 841. The maximum atomic E-state index is 12.7. The molecule has 1 unspecified atom stereocenters. The van der Waals surface area contributed by atoms with Crippen LogP contribution in [-0.4, -0.2) is 18.0 Å². The first-order chi connectivity index (χ1) is 11.6. The molecule has 0 spiro atoms. The second kappa shape index (κ2) is 7.15. The van der Waals surface area contributed by atoms with Crippen molar-refractivity contribution >= 4 is 28.6 Å². The number of nitrogens with zero attached hydrogens (tertiary/aromatic N) is 1. The van der Waals surface area contributed by atoms with Crippen LogP contribution in [0.4, 0.5) is 0 Å². The first kappa shape index (κ1) is 16.7. The van der Waals surface area contributed by atoms with E-state index in [9.17, 15) is 4.79 Å². The molecular formula is C18H18N2O2S2. The van der Waals surface area contributed by atoms with Crippen LogP contribution in [0.3, 0.4) is 0 Å². The van der Waals surface area contributed by atoms with E-state index in [1.54, 1.807) is 18.4 Å². The molecule has 0 aliphatic heterocycles. The Kier molecular flexibility index (Phi) is 4.97. The monoisotopic (exact) mass is 358 g/mol. The fraction of sp³-hybridized carbons (Fsp3) is 0.222. The van der Waals surface area contributed by atoms with Gasteiger partial charge in [0.25, 0.3) is 5.91 Å². The highest BCUT2D eigenvalue weighted by molar-refractivity contribution is 7.22. The van der Waals surface area contributed by atoms with E-state index in [1.807, 2.05) is 55.6 Å². The van der Waals surface area contributed by atoms with Gasteiger partial charge in [0.1, 0.15) is 15.6 Å². The Morgan fingerprint density at radius 1 is 1.25 bits per heavy atom. The van der Waals surface area contributed by atoms with Crippen molar-refractivity contribution in [3.63, 3.8) is 0 Å². The number of aromatic nitrogens is 1. The highest BCUT2D eigenvalue weighted by atomic mass is 32.1. The van der Waals surface area contributed by atoms with Crippen LogP contribution in [0.5, 0.6) is 5.75 Å². The minimum atomic E-state index is -0.152. The van der Waals surface area contributed by atoms with Gasteiger partial charge in [0.2, 0.25) is 0 Å². The molecule has 2 heterocycles. The van der Waals surface area contributed by atoms with Crippen molar-refractivity contribution in [2.45, 2.75) is 19.9 Å². The summed E-state index contributed by atoms with van der Waals surface area (Å²) in [6.07, 6.45) is 0. The average Bonchev–Trinajstić information content (AvgIpc) is 3.24. The second-order valence-electron chi connectivity index (χ2n) is 5.35. The predicted octanol–water partition coefficient (Wildman–Crippen LogP) is 4.68. The summed E-state index contributed by atoms with van der Waals surface area (Å²) in [6.45, 7) is 3.82. The van der Waals surface area contributed by atoms with Gasteiger partial charge >= 0.3 is 0 Å². The van der Waals surface area contributed by atoms with Gasteiger partial charge in [0, 0.05) is 5.56 Å². The van der Waals surface area contributed by atoms with E-state index >= 15 is 0 Å². The standard InChI is InChI=1S/C18H18N2O2S2/c1-11(13-7-4-5-8-14(13)22-3)19-17(21)16-12(2)20-18(24-16)15-9-6-10-23-15/h4-11H,1-3H3,(H,19,21). The minimum Gasteiger partial charge on any atom is -0.496 e. The van der Waals surface area contributed by atoms with Crippen molar-refractivity contribution < 1.29 is 9.53 Å². The lowest BCUT2D eigenvalue weighted by molar-refractivity contribution is 0.0943. The Balaban J connectivity index is 1.80. The molecule has 0 saturated heterocycles. The number of aryl methyl sites for hydroxylation is 1. The molecule has 0 fully saturated rings. The Labute approximate surface area is 149 Å². The molecule has 3 rings (SSSR count). The minimum absolute atomic E-state index is 0.105. The number of thiophene rings is 1. The molecule has 0 saturated carbocycles. The summed E-state index contributed by atoms with van der Waals surface area (Å²) < 4.78 is 5.37. The highest BCUT2D eigenvalue weighted by Crippen LogP contribution is 2.31. The van der Waals surface area contributed by atoms with E-state index < -0.39 is 0 Å². The van der Waals surface area contributed by atoms with Crippen LogP contribution < -0.4 is 10.1 Å². The quantitative estimate of drug-likeness (QED) is 0.720. The van der Waals surface area contributed by atoms with E-state index in [2.05, 4.69) is 10.3 Å². The van der Waals surface area contributed by atoms with Crippen LogP contribution in [-0.2, 0) is 0 Å². The zero-order valence-electron chi connectivity index (χ0n) is 13.7. The Morgan fingerprint density at radius 3 is 2.75 bits per heavy atom. The summed E-state index contributed by atoms with van der Waals surface area (Å²) in [7, 11) is 1.63. The third kappa shape index (κ3) is 3.34. The molecule has 0 aliphatic rings. The number of thiazole rings is 1. The summed E-state index contributed by atoms with van der Waals surface area (Å²) >= 11 is 3.05. The van der Waals surface area contributed by atoms with Crippen molar-refractivity contribution in [1.29, 1.82) is 0 Å². The van der Waals surface area contributed by atoms with Gasteiger partial charge in [-0.15, -0.1) is 22.7 Å². The summed E-state index contributed by atoms with van der Waals surface area (Å²) in [4.78, 5) is 18.9. The largest absolute Gasteiger partial charge is 0.496 e. The van der Waals surface area contributed by atoms with Crippen molar-refractivity contribution in [3.8, 4) is 15.6 Å². The molecule has 0 aliphatic carbocycles. The van der Waals surface area contributed by atoms with Crippen LogP contribution in [0.25, 0.3) is 9.88 Å². The van der Waals surface area contributed by atoms with E-state index in [0.29, 0.717) is 4.88 Å². The molecule has 3 aromatic rings. The van der Waals surface area contributed by atoms with Crippen LogP contribution in [0.2, 0.25) is 0 Å². The van der Waals surface area contributed by atoms with Crippen LogP contribution in [0.1, 0.15) is 33.9 Å². The van der Waals surface area contributed by atoms with Gasteiger partial charge in [-0.1, -0.05) is 24.3 Å². The van der Waals surface area contributed by atoms with Gasteiger partial charge in [0.15, 0.2) is 0 Å². The summed E-state index contributed by atoms with van der Waals surface area (Å²) in [5.41, 5.74) is 1.71. The number of ether oxygens (including phenoxy) is 1. The molecule has 1 atom stereocenters. The third-order valence-electron chi connectivity index (χ3n) is 3.69. The first-order valence-corrected chi connectivity index (χ1v) is 9.25. The molecule has 1 amide bonds. The first-order valence-electron chi connectivity index (χ1n) is 7.55. The zero-order valence-corrected chi connectivity index (χ0v) is 15.3. The molecule has 0 radical (unpaired) electrons. The topological polar surface area (TPSA) is 51.2 Å². The average molecular weight is 358 g/mol. The van der Waals surface area contributed by atoms with Crippen molar-refractivity contribution in [3.05, 3.63) is 57.9 Å². The predicted molar refractivity (Wildman–Crippen MR) is 99.0 cm³/mol. The lowest BCUT2D eigenvalue weighted by atomic mass is 10.1. The van der Waals surface area contributed by atoms with Crippen molar-refractivity contribution in [1.82, 2.24) is 10.3 Å². The van der Waals surface area contributed by atoms with E-state index in [4.69, 9.17) is 4.74 Å². The van der Waals surface area contributed by atoms with Crippen molar-refractivity contribution in [2.75, 3.05) is 7.11 Å². The maximum Gasteiger partial charge on any atom is 0.263 e. The lowest BCUT2D eigenvalue weighted by Crippen LogP contribution is -2.26. The molecular weight excluding hydrogens is 340 g/mol. The maximum absolute atomic E-state index is 12.7. The number of para-hydroxylation sites is 1. The molecule has 1 aromatic carbocycles. The summed E-state index contributed by atoms with van der Waals surface area (Å²) in [5, 5.41) is 5.94. The molecule has 6 heteroatoms. The summed E-state index contributed by atoms with van der Waals surface area (Å²) in [6, 6.07) is 11.6.